The molecule has 0 unspecified atom stereocenters. The monoisotopic (exact) mass is 308 g/mol. The second-order valence-electron chi connectivity index (χ2n) is 4.18. The SMILES string of the molecule is Cc1nc(N[C@H](C)c2ccc(F)cc2)ccc1Br. The summed E-state index contributed by atoms with van der Waals surface area (Å²) in [5, 5.41) is 3.29. The van der Waals surface area contributed by atoms with E-state index in [-0.39, 0.29) is 11.9 Å². The average Bonchev–Trinajstić information content (AvgIpc) is 2.34. The van der Waals surface area contributed by atoms with Crippen LogP contribution in [0.4, 0.5) is 10.2 Å². The number of nitrogens with one attached hydrogen (secondary N) is 1. The highest BCUT2D eigenvalue weighted by Gasteiger charge is 2.07. The number of hydrogen-bond donors (Lipinski definition) is 1. The molecule has 2 rings (SSSR count). The van der Waals surface area contributed by atoms with Crippen molar-refractivity contribution in [3.05, 3.63) is 57.9 Å². The van der Waals surface area contributed by atoms with Crippen LogP contribution in [0.15, 0.2) is 40.9 Å². The lowest BCUT2D eigenvalue weighted by Crippen LogP contribution is -2.08. The van der Waals surface area contributed by atoms with Gasteiger partial charge in [-0.3, -0.25) is 0 Å². The van der Waals surface area contributed by atoms with Crippen LogP contribution in [0.2, 0.25) is 0 Å². The van der Waals surface area contributed by atoms with Crippen molar-refractivity contribution in [2.24, 2.45) is 0 Å². The topological polar surface area (TPSA) is 24.9 Å². The minimum atomic E-state index is -0.219. The Morgan fingerprint density at radius 2 is 1.83 bits per heavy atom. The summed E-state index contributed by atoms with van der Waals surface area (Å²) in [7, 11) is 0. The number of halogens is 2. The standard InChI is InChI=1S/C14H14BrFN2/c1-9(11-3-5-12(16)6-4-11)17-14-8-7-13(15)10(2)18-14/h3-9H,1-2H3,(H,17,18)/t9-/m1/s1. The van der Waals surface area contributed by atoms with E-state index in [4.69, 9.17) is 0 Å². The van der Waals surface area contributed by atoms with Gasteiger partial charge in [0.05, 0.1) is 5.69 Å². The zero-order valence-electron chi connectivity index (χ0n) is 10.2. The first-order chi connectivity index (χ1) is 8.56. The summed E-state index contributed by atoms with van der Waals surface area (Å²) < 4.78 is 13.8. The lowest BCUT2D eigenvalue weighted by atomic mass is 10.1. The zero-order valence-corrected chi connectivity index (χ0v) is 11.8. The van der Waals surface area contributed by atoms with Gasteiger partial charge >= 0.3 is 0 Å². The van der Waals surface area contributed by atoms with Crippen molar-refractivity contribution in [2.75, 3.05) is 5.32 Å². The number of benzene rings is 1. The molecule has 18 heavy (non-hydrogen) atoms. The van der Waals surface area contributed by atoms with Crippen LogP contribution >= 0.6 is 15.9 Å². The third-order valence-electron chi connectivity index (χ3n) is 2.76. The van der Waals surface area contributed by atoms with Crippen LogP contribution in [0.1, 0.15) is 24.2 Å². The first kappa shape index (κ1) is 13.0. The van der Waals surface area contributed by atoms with Gasteiger partial charge in [0.15, 0.2) is 0 Å². The van der Waals surface area contributed by atoms with Gasteiger partial charge in [-0.25, -0.2) is 9.37 Å². The normalized spacial score (nSPS) is 12.2. The molecule has 0 aliphatic carbocycles. The van der Waals surface area contributed by atoms with Crippen molar-refractivity contribution >= 4 is 21.7 Å². The van der Waals surface area contributed by atoms with Crippen LogP contribution in [0.5, 0.6) is 0 Å². The van der Waals surface area contributed by atoms with Crippen molar-refractivity contribution in [3.63, 3.8) is 0 Å². The van der Waals surface area contributed by atoms with Gasteiger partial charge in [0.25, 0.3) is 0 Å². The number of anilines is 1. The Kier molecular flexibility index (Phi) is 3.97. The quantitative estimate of drug-likeness (QED) is 0.905. The van der Waals surface area contributed by atoms with Gasteiger partial charge in [0.1, 0.15) is 11.6 Å². The van der Waals surface area contributed by atoms with E-state index >= 15 is 0 Å². The van der Waals surface area contributed by atoms with Crippen molar-refractivity contribution in [1.29, 1.82) is 0 Å². The van der Waals surface area contributed by atoms with E-state index in [1.165, 1.54) is 12.1 Å². The average molecular weight is 309 g/mol. The molecule has 0 radical (unpaired) electrons. The van der Waals surface area contributed by atoms with E-state index in [0.717, 1.165) is 21.5 Å². The number of pyridine rings is 1. The van der Waals surface area contributed by atoms with Crippen LogP contribution in [0.3, 0.4) is 0 Å². The molecule has 1 heterocycles. The summed E-state index contributed by atoms with van der Waals surface area (Å²) in [5.74, 6) is 0.594. The van der Waals surface area contributed by atoms with E-state index in [1.54, 1.807) is 12.1 Å². The molecular formula is C14H14BrFN2. The Hall–Kier alpha value is -1.42. The van der Waals surface area contributed by atoms with Crippen molar-refractivity contribution < 1.29 is 4.39 Å². The minimum absolute atomic E-state index is 0.0821. The van der Waals surface area contributed by atoms with Gasteiger partial charge in [-0.15, -0.1) is 0 Å². The molecule has 1 atom stereocenters. The molecule has 0 aliphatic rings. The van der Waals surface area contributed by atoms with Crippen LogP contribution in [-0.4, -0.2) is 4.98 Å². The van der Waals surface area contributed by atoms with E-state index in [2.05, 4.69) is 26.2 Å². The third kappa shape index (κ3) is 3.07. The molecular weight excluding hydrogens is 295 g/mol. The molecule has 0 saturated carbocycles. The van der Waals surface area contributed by atoms with E-state index < -0.39 is 0 Å². The maximum Gasteiger partial charge on any atom is 0.126 e. The van der Waals surface area contributed by atoms with E-state index in [1.807, 2.05) is 26.0 Å². The number of hydrogen-bond acceptors (Lipinski definition) is 2. The van der Waals surface area contributed by atoms with Crippen molar-refractivity contribution in [2.45, 2.75) is 19.9 Å². The first-order valence-corrected chi connectivity index (χ1v) is 6.50. The highest BCUT2D eigenvalue weighted by Crippen LogP contribution is 2.21. The largest absolute Gasteiger partial charge is 0.364 e. The maximum absolute atomic E-state index is 12.8. The summed E-state index contributed by atoms with van der Waals surface area (Å²) in [6.07, 6.45) is 0. The fourth-order valence-electron chi connectivity index (χ4n) is 1.68. The highest BCUT2D eigenvalue weighted by atomic mass is 79.9. The second-order valence-corrected chi connectivity index (χ2v) is 5.04. The summed E-state index contributed by atoms with van der Waals surface area (Å²) in [4.78, 5) is 4.42. The fourth-order valence-corrected chi connectivity index (χ4v) is 1.90. The lowest BCUT2D eigenvalue weighted by molar-refractivity contribution is 0.626. The number of aromatic nitrogens is 1. The molecule has 0 amide bonds. The second kappa shape index (κ2) is 5.48. The molecule has 0 bridgehead atoms. The van der Waals surface area contributed by atoms with Gasteiger partial charge in [0, 0.05) is 10.5 Å². The summed E-state index contributed by atoms with van der Waals surface area (Å²) in [5.41, 5.74) is 1.96. The lowest BCUT2D eigenvalue weighted by Gasteiger charge is -2.15. The van der Waals surface area contributed by atoms with E-state index in [0.29, 0.717) is 0 Å². The summed E-state index contributed by atoms with van der Waals surface area (Å²) in [6.45, 7) is 3.96. The first-order valence-electron chi connectivity index (χ1n) is 5.71. The summed E-state index contributed by atoms with van der Waals surface area (Å²) in [6, 6.07) is 10.4. The minimum Gasteiger partial charge on any atom is -0.364 e. The fraction of sp³-hybridized carbons (Fsp3) is 0.214. The van der Waals surface area contributed by atoms with Crippen LogP contribution in [0, 0.1) is 12.7 Å². The van der Waals surface area contributed by atoms with Gasteiger partial charge in [-0.2, -0.15) is 0 Å². The predicted molar refractivity (Wildman–Crippen MR) is 75.1 cm³/mol. The number of nitrogens with zero attached hydrogens (tertiary/aromatic N) is 1. The van der Waals surface area contributed by atoms with Crippen LogP contribution in [0.25, 0.3) is 0 Å². The summed E-state index contributed by atoms with van der Waals surface area (Å²) >= 11 is 3.42. The molecule has 2 aromatic rings. The van der Waals surface area contributed by atoms with E-state index in [9.17, 15) is 4.39 Å². The molecule has 0 fully saturated rings. The molecule has 94 valence electrons. The molecule has 0 aliphatic heterocycles. The molecule has 4 heteroatoms. The molecule has 2 nitrogen and oxygen atoms in total. The van der Waals surface area contributed by atoms with Crippen molar-refractivity contribution in [1.82, 2.24) is 4.98 Å². The van der Waals surface area contributed by atoms with Gasteiger partial charge in [-0.1, -0.05) is 12.1 Å². The van der Waals surface area contributed by atoms with Gasteiger partial charge < -0.3 is 5.32 Å². The zero-order chi connectivity index (χ0) is 13.1. The third-order valence-corrected chi connectivity index (χ3v) is 3.59. The van der Waals surface area contributed by atoms with Crippen LogP contribution < -0.4 is 5.32 Å². The molecule has 1 N–H and O–H groups in total. The predicted octanol–water partition coefficient (Wildman–Crippen LogP) is 4.46. The molecule has 1 aromatic heterocycles. The maximum atomic E-state index is 12.8. The Balaban J connectivity index is 2.13. The Morgan fingerprint density at radius 1 is 1.17 bits per heavy atom. The number of aryl methyl sites for hydroxylation is 1. The highest BCUT2D eigenvalue weighted by molar-refractivity contribution is 9.10. The van der Waals surface area contributed by atoms with Gasteiger partial charge in [0.2, 0.25) is 0 Å². The number of rotatable bonds is 3. The van der Waals surface area contributed by atoms with Gasteiger partial charge in [-0.05, 0) is 59.6 Å². The molecule has 1 aromatic carbocycles. The Bertz CT molecular complexity index is 540. The smallest absolute Gasteiger partial charge is 0.126 e. The Labute approximate surface area is 114 Å². The Morgan fingerprint density at radius 3 is 2.44 bits per heavy atom. The van der Waals surface area contributed by atoms with Crippen LogP contribution in [-0.2, 0) is 0 Å². The molecule has 0 spiro atoms. The van der Waals surface area contributed by atoms with Crippen molar-refractivity contribution in [3.8, 4) is 0 Å². The molecule has 0 saturated heterocycles.